The van der Waals surface area contributed by atoms with E-state index in [1.807, 2.05) is 0 Å². The van der Waals surface area contributed by atoms with E-state index < -0.39 is 17.6 Å². The normalized spacial score (nSPS) is 11.7. The minimum atomic E-state index is -4.46. The number of hydrogen-bond donors (Lipinski definition) is 1. The van der Waals surface area contributed by atoms with E-state index >= 15 is 0 Å². The molecule has 3 heterocycles. The van der Waals surface area contributed by atoms with Crippen molar-refractivity contribution in [2.45, 2.75) is 12.7 Å². The molecule has 1 aromatic carbocycles. The van der Waals surface area contributed by atoms with Crippen LogP contribution in [0.15, 0.2) is 55.2 Å². The SMILES string of the molecule is O=C(NCc1ccnc(-n2ccnc2)c1)c1sc2cc(C(F)(F)F)ccc2c1Cl. The van der Waals surface area contributed by atoms with E-state index in [-0.39, 0.29) is 16.4 Å². The second-order valence-electron chi connectivity index (χ2n) is 6.13. The molecule has 0 saturated carbocycles. The fraction of sp³-hybridized carbons (Fsp3) is 0.105. The highest BCUT2D eigenvalue weighted by atomic mass is 35.5. The molecule has 148 valence electrons. The molecule has 0 fully saturated rings. The molecular weight excluding hydrogens is 425 g/mol. The number of aromatic nitrogens is 3. The fourth-order valence-corrected chi connectivity index (χ4v) is 4.23. The second kappa shape index (κ2) is 7.49. The van der Waals surface area contributed by atoms with Crippen molar-refractivity contribution in [3.8, 4) is 5.82 Å². The maximum absolute atomic E-state index is 12.9. The number of amides is 1. The summed E-state index contributed by atoms with van der Waals surface area (Å²) in [6, 6.07) is 6.79. The predicted octanol–water partition coefficient (Wildman–Crippen LogP) is 5.08. The summed E-state index contributed by atoms with van der Waals surface area (Å²) in [6.45, 7) is 0.210. The average Bonchev–Trinajstić information content (AvgIpc) is 3.34. The average molecular weight is 437 g/mol. The summed E-state index contributed by atoms with van der Waals surface area (Å²) in [6.07, 6.45) is 2.14. The van der Waals surface area contributed by atoms with Gasteiger partial charge in [0.1, 0.15) is 17.0 Å². The van der Waals surface area contributed by atoms with Crippen molar-refractivity contribution in [3.05, 3.63) is 76.3 Å². The highest BCUT2D eigenvalue weighted by molar-refractivity contribution is 7.21. The Bertz CT molecular complexity index is 1190. The van der Waals surface area contributed by atoms with E-state index in [0.29, 0.717) is 15.9 Å². The van der Waals surface area contributed by atoms with Crippen LogP contribution < -0.4 is 5.32 Å². The number of pyridine rings is 1. The Balaban J connectivity index is 1.54. The second-order valence-corrected chi connectivity index (χ2v) is 7.56. The van der Waals surface area contributed by atoms with Gasteiger partial charge in [0.25, 0.3) is 5.91 Å². The quantitative estimate of drug-likeness (QED) is 0.485. The lowest BCUT2D eigenvalue weighted by atomic mass is 10.1. The van der Waals surface area contributed by atoms with Gasteiger partial charge in [-0.3, -0.25) is 9.36 Å². The van der Waals surface area contributed by atoms with Crippen molar-refractivity contribution >= 4 is 38.9 Å². The molecule has 4 rings (SSSR count). The highest BCUT2D eigenvalue weighted by Crippen LogP contribution is 2.39. The summed E-state index contributed by atoms with van der Waals surface area (Å²) < 4.78 is 40.8. The molecular formula is C19H12ClF3N4OS. The maximum Gasteiger partial charge on any atom is 0.416 e. The molecule has 0 spiro atoms. The van der Waals surface area contributed by atoms with E-state index in [1.165, 1.54) is 6.07 Å². The Morgan fingerprint density at radius 2 is 2.03 bits per heavy atom. The van der Waals surface area contributed by atoms with Crippen LogP contribution in [0.3, 0.4) is 0 Å². The molecule has 0 aliphatic rings. The summed E-state index contributed by atoms with van der Waals surface area (Å²) in [5, 5.41) is 3.31. The van der Waals surface area contributed by atoms with E-state index in [0.717, 1.165) is 29.0 Å². The van der Waals surface area contributed by atoms with Gasteiger partial charge in [-0.15, -0.1) is 11.3 Å². The van der Waals surface area contributed by atoms with Gasteiger partial charge in [-0.2, -0.15) is 13.2 Å². The molecule has 1 amide bonds. The van der Waals surface area contributed by atoms with E-state index in [9.17, 15) is 18.0 Å². The van der Waals surface area contributed by atoms with Gasteiger partial charge in [0.05, 0.1) is 10.6 Å². The first-order valence-electron chi connectivity index (χ1n) is 8.33. The summed E-state index contributed by atoms with van der Waals surface area (Å²) in [7, 11) is 0. The van der Waals surface area contributed by atoms with E-state index in [2.05, 4.69) is 15.3 Å². The molecule has 0 aliphatic heterocycles. The molecule has 0 radical (unpaired) electrons. The smallest absolute Gasteiger partial charge is 0.347 e. The molecule has 0 bridgehead atoms. The predicted molar refractivity (Wildman–Crippen MR) is 104 cm³/mol. The van der Waals surface area contributed by atoms with Crippen LogP contribution in [-0.4, -0.2) is 20.4 Å². The Kier molecular flexibility index (Phi) is 5.01. The number of nitrogens with zero attached hydrogens (tertiary/aromatic N) is 3. The lowest BCUT2D eigenvalue weighted by Crippen LogP contribution is -2.22. The fourth-order valence-electron chi connectivity index (χ4n) is 2.76. The molecule has 0 atom stereocenters. The standard InChI is InChI=1S/C19H12ClF3N4OS/c20-16-13-2-1-12(19(21,22)23)8-14(13)29-17(16)18(28)26-9-11-3-4-25-15(7-11)27-6-5-24-10-27/h1-8,10H,9H2,(H,26,28). The Morgan fingerprint density at radius 3 is 2.76 bits per heavy atom. The van der Waals surface area contributed by atoms with Gasteiger partial charge < -0.3 is 5.32 Å². The van der Waals surface area contributed by atoms with Crippen molar-refractivity contribution in [2.24, 2.45) is 0 Å². The number of carbonyl (C=O) groups excluding carboxylic acids is 1. The number of benzene rings is 1. The van der Waals surface area contributed by atoms with E-state index in [1.54, 1.807) is 41.6 Å². The van der Waals surface area contributed by atoms with Gasteiger partial charge in [0, 0.05) is 35.2 Å². The van der Waals surface area contributed by atoms with Crippen LogP contribution in [-0.2, 0) is 12.7 Å². The lowest BCUT2D eigenvalue weighted by Gasteiger charge is -2.06. The lowest BCUT2D eigenvalue weighted by molar-refractivity contribution is -0.137. The number of fused-ring (bicyclic) bond motifs is 1. The van der Waals surface area contributed by atoms with Gasteiger partial charge in [-0.05, 0) is 29.8 Å². The number of imidazole rings is 1. The third kappa shape index (κ3) is 3.96. The van der Waals surface area contributed by atoms with Crippen molar-refractivity contribution in [3.63, 3.8) is 0 Å². The van der Waals surface area contributed by atoms with Crippen LogP contribution in [0, 0.1) is 0 Å². The highest BCUT2D eigenvalue weighted by Gasteiger charge is 2.31. The third-order valence-electron chi connectivity index (χ3n) is 4.19. The number of alkyl halides is 3. The minimum Gasteiger partial charge on any atom is -0.347 e. The maximum atomic E-state index is 12.9. The first-order valence-corrected chi connectivity index (χ1v) is 9.53. The number of hydrogen-bond acceptors (Lipinski definition) is 4. The minimum absolute atomic E-state index is 0.144. The Labute approximate surface area is 171 Å². The first kappa shape index (κ1) is 19.4. The van der Waals surface area contributed by atoms with Gasteiger partial charge in [0.15, 0.2) is 0 Å². The van der Waals surface area contributed by atoms with Crippen LogP contribution in [0.2, 0.25) is 5.02 Å². The zero-order valence-electron chi connectivity index (χ0n) is 14.6. The molecule has 0 aliphatic carbocycles. The molecule has 4 aromatic rings. The summed E-state index contributed by atoms with van der Waals surface area (Å²) >= 11 is 7.17. The van der Waals surface area contributed by atoms with Gasteiger partial charge in [-0.1, -0.05) is 17.7 Å². The molecule has 0 saturated heterocycles. The molecule has 1 N–H and O–H groups in total. The number of nitrogens with one attached hydrogen (secondary N) is 1. The summed E-state index contributed by atoms with van der Waals surface area (Å²) in [4.78, 5) is 20.9. The van der Waals surface area contributed by atoms with Crippen LogP contribution in [0.4, 0.5) is 13.2 Å². The third-order valence-corrected chi connectivity index (χ3v) is 5.85. The van der Waals surface area contributed by atoms with Crippen molar-refractivity contribution in [2.75, 3.05) is 0 Å². The largest absolute Gasteiger partial charge is 0.416 e. The number of halogens is 4. The van der Waals surface area contributed by atoms with Crippen molar-refractivity contribution in [1.29, 1.82) is 0 Å². The first-order chi connectivity index (χ1) is 13.8. The number of rotatable bonds is 4. The van der Waals surface area contributed by atoms with Crippen molar-refractivity contribution < 1.29 is 18.0 Å². The van der Waals surface area contributed by atoms with Crippen LogP contribution in [0.5, 0.6) is 0 Å². The van der Waals surface area contributed by atoms with Gasteiger partial charge in [0.2, 0.25) is 0 Å². The molecule has 10 heteroatoms. The van der Waals surface area contributed by atoms with Crippen LogP contribution in [0.25, 0.3) is 15.9 Å². The van der Waals surface area contributed by atoms with Gasteiger partial charge in [-0.25, -0.2) is 9.97 Å². The Morgan fingerprint density at radius 1 is 1.21 bits per heavy atom. The number of thiophene rings is 1. The molecule has 0 unspecified atom stereocenters. The summed E-state index contributed by atoms with van der Waals surface area (Å²) in [5.74, 6) is 0.194. The van der Waals surface area contributed by atoms with Crippen LogP contribution >= 0.6 is 22.9 Å². The molecule has 29 heavy (non-hydrogen) atoms. The molecule has 5 nitrogen and oxygen atoms in total. The number of carbonyl (C=O) groups is 1. The van der Waals surface area contributed by atoms with Crippen molar-refractivity contribution in [1.82, 2.24) is 19.9 Å². The topological polar surface area (TPSA) is 59.8 Å². The monoisotopic (exact) mass is 436 g/mol. The Hall–Kier alpha value is -2.91. The zero-order chi connectivity index (χ0) is 20.6. The molecule has 3 aromatic heterocycles. The van der Waals surface area contributed by atoms with E-state index in [4.69, 9.17) is 11.6 Å². The summed E-state index contributed by atoms with van der Waals surface area (Å²) in [5.41, 5.74) is 0.0207. The zero-order valence-corrected chi connectivity index (χ0v) is 16.1. The van der Waals surface area contributed by atoms with Crippen LogP contribution in [0.1, 0.15) is 20.8 Å². The van der Waals surface area contributed by atoms with Gasteiger partial charge >= 0.3 is 6.18 Å².